The summed E-state index contributed by atoms with van der Waals surface area (Å²) in [5.74, 6) is 1.78. The van der Waals surface area contributed by atoms with E-state index < -0.39 is 10.0 Å². The van der Waals surface area contributed by atoms with E-state index in [0.717, 1.165) is 19.3 Å². The normalized spacial score (nSPS) is 20.8. The number of ether oxygens (including phenoxy) is 1. The van der Waals surface area contributed by atoms with Crippen molar-refractivity contribution in [1.29, 1.82) is 0 Å². The van der Waals surface area contributed by atoms with Gasteiger partial charge in [0.25, 0.3) is 10.0 Å². The quantitative estimate of drug-likeness (QED) is 0.572. The second kappa shape index (κ2) is 7.32. The predicted molar refractivity (Wildman–Crippen MR) is 112 cm³/mol. The van der Waals surface area contributed by atoms with Crippen molar-refractivity contribution < 1.29 is 17.7 Å². The zero-order valence-corrected chi connectivity index (χ0v) is 18.7. The number of aromatic nitrogens is 4. The van der Waals surface area contributed by atoms with Gasteiger partial charge in [0, 0.05) is 37.3 Å². The molecule has 0 N–H and O–H groups in total. The molecule has 0 radical (unpaired) electrons. The molecular formula is C20H22ClN5O4S. The Labute approximate surface area is 185 Å². The summed E-state index contributed by atoms with van der Waals surface area (Å²) in [6.45, 7) is 0.914. The predicted octanol–water partition coefficient (Wildman–Crippen LogP) is 3.09. The maximum absolute atomic E-state index is 12.8. The van der Waals surface area contributed by atoms with Crippen molar-refractivity contribution in [2.24, 2.45) is 12.5 Å². The largest absolute Gasteiger partial charge is 0.496 e. The number of nitrogens with zero attached hydrogens (tertiary/aromatic N) is 5. The Morgan fingerprint density at radius 2 is 2.03 bits per heavy atom. The molecule has 31 heavy (non-hydrogen) atoms. The molecule has 1 spiro atoms. The second-order valence-electron chi connectivity index (χ2n) is 8.15. The average Bonchev–Trinajstić information content (AvgIpc) is 3.12. The fraction of sp³-hybridized carbons (Fsp3) is 0.450. The van der Waals surface area contributed by atoms with Gasteiger partial charge < -0.3 is 9.26 Å². The maximum Gasteiger partial charge on any atom is 0.262 e. The highest BCUT2D eigenvalue weighted by Gasteiger charge is 2.59. The number of hydrogen-bond acceptors (Lipinski definition) is 7. The Morgan fingerprint density at radius 1 is 1.26 bits per heavy atom. The lowest BCUT2D eigenvalue weighted by Gasteiger charge is -2.31. The SMILES string of the molecule is COc1ccc(Cl)cc1-c1noc(C2CC23CCN(S(=O)(=O)c2ccn(C)n2)CC3)n1. The van der Waals surface area contributed by atoms with Crippen LogP contribution in [0.2, 0.25) is 5.02 Å². The van der Waals surface area contributed by atoms with Gasteiger partial charge in [-0.25, -0.2) is 8.42 Å². The average molecular weight is 464 g/mol. The monoisotopic (exact) mass is 463 g/mol. The van der Waals surface area contributed by atoms with Gasteiger partial charge >= 0.3 is 0 Å². The van der Waals surface area contributed by atoms with Gasteiger partial charge in [-0.15, -0.1) is 0 Å². The van der Waals surface area contributed by atoms with Gasteiger partial charge in [0.05, 0.1) is 12.7 Å². The van der Waals surface area contributed by atoms with Crippen LogP contribution >= 0.6 is 11.6 Å². The third-order valence-corrected chi connectivity index (χ3v) is 8.37. The van der Waals surface area contributed by atoms with Crippen LogP contribution in [0.25, 0.3) is 11.4 Å². The van der Waals surface area contributed by atoms with E-state index in [2.05, 4.69) is 15.2 Å². The lowest BCUT2D eigenvalue weighted by molar-refractivity contribution is 0.241. The second-order valence-corrected chi connectivity index (χ2v) is 10.5. The molecule has 0 amide bonds. The first-order valence-electron chi connectivity index (χ1n) is 10.00. The summed E-state index contributed by atoms with van der Waals surface area (Å²) in [6.07, 6.45) is 4.06. The van der Waals surface area contributed by atoms with Crippen molar-refractivity contribution in [3.8, 4) is 17.1 Å². The third-order valence-electron chi connectivity index (χ3n) is 6.34. The van der Waals surface area contributed by atoms with Crippen molar-refractivity contribution in [1.82, 2.24) is 24.2 Å². The molecule has 5 rings (SSSR count). The molecule has 1 saturated carbocycles. The number of benzene rings is 1. The molecule has 3 aromatic rings. The van der Waals surface area contributed by atoms with Crippen molar-refractivity contribution in [2.75, 3.05) is 20.2 Å². The number of rotatable bonds is 5. The molecule has 3 heterocycles. The highest BCUT2D eigenvalue weighted by Crippen LogP contribution is 2.64. The lowest BCUT2D eigenvalue weighted by atomic mass is 9.92. The van der Waals surface area contributed by atoms with Gasteiger partial charge in [0.15, 0.2) is 5.03 Å². The first-order valence-corrected chi connectivity index (χ1v) is 11.8. The molecule has 2 aromatic heterocycles. The van der Waals surface area contributed by atoms with E-state index in [9.17, 15) is 8.42 Å². The van der Waals surface area contributed by atoms with E-state index in [1.165, 1.54) is 15.1 Å². The number of hydrogen-bond donors (Lipinski definition) is 0. The molecule has 11 heteroatoms. The molecule has 1 aromatic carbocycles. The summed E-state index contributed by atoms with van der Waals surface area (Å²) >= 11 is 6.12. The van der Waals surface area contributed by atoms with Crippen molar-refractivity contribution in [3.63, 3.8) is 0 Å². The fourth-order valence-electron chi connectivity index (χ4n) is 4.43. The molecular weight excluding hydrogens is 442 g/mol. The van der Waals surface area contributed by atoms with Gasteiger partial charge in [0.1, 0.15) is 5.75 Å². The number of methoxy groups -OCH3 is 1. The topological polar surface area (TPSA) is 103 Å². The van der Waals surface area contributed by atoms with E-state index in [4.69, 9.17) is 20.9 Å². The van der Waals surface area contributed by atoms with Crippen molar-refractivity contribution >= 4 is 21.6 Å². The van der Waals surface area contributed by atoms with Crippen LogP contribution in [0.1, 0.15) is 31.1 Å². The van der Waals surface area contributed by atoms with Gasteiger partial charge in [-0.2, -0.15) is 14.4 Å². The number of aryl methyl sites for hydroxylation is 1. The molecule has 0 bridgehead atoms. The summed E-state index contributed by atoms with van der Waals surface area (Å²) in [6, 6.07) is 6.79. The molecule has 2 fully saturated rings. The molecule has 1 aliphatic carbocycles. The standard InChI is InChI=1S/C20H22ClN5O4S/c1-25-8-5-17(23-25)31(27,28)26-9-6-20(7-10-26)12-15(20)19-22-18(24-30-19)14-11-13(21)3-4-16(14)29-2/h3-5,8,11,15H,6-7,9-10,12H2,1-2H3. The van der Waals surface area contributed by atoms with Gasteiger partial charge in [-0.05, 0) is 48.9 Å². The number of halogens is 1. The molecule has 1 atom stereocenters. The van der Waals surface area contributed by atoms with Gasteiger partial charge in [-0.3, -0.25) is 4.68 Å². The molecule has 164 valence electrons. The summed E-state index contributed by atoms with van der Waals surface area (Å²) in [5.41, 5.74) is 0.689. The summed E-state index contributed by atoms with van der Waals surface area (Å²) in [7, 11) is -0.281. The van der Waals surface area contributed by atoms with Crippen LogP contribution in [0.5, 0.6) is 5.75 Å². The van der Waals surface area contributed by atoms with Crippen LogP contribution in [0.15, 0.2) is 40.0 Å². The molecule has 2 aliphatic rings. The molecule has 9 nitrogen and oxygen atoms in total. The van der Waals surface area contributed by atoms with Crippen molar-refractivity contribution in [3.05, 3.63) is 41.4 Å². The Kier molecular flexibility index (Phi) is 4.83. The highest BCUT2D eigenvalue weighted by molar-refractivity contribution is 7.89. The lowest BCUT2D eigenvalue weighted by Crippen LogP contribution is -2.39. The highest BCUT2D eigenvalue weighted by atomic mass is 35.5. The smallest absolute Gasteiger partial charge is 0.262 e. The molecule has 1 unspecified atom stereocenters. The van der Waals surface area contributed by atoms with Crippen LogP contribution < -0.4 is 4.74 Å². The number of sulfonamides is 1. The van der Waals surface area contributed by atoms with Gasteiger partial charge in [0.2, 0.25) is 11.7 Å². The molecule has 1 aliphatic heterocycles. The van der Waals surface area contributed by atoms with Crippen LogP contribution in [0.4, 0.5) is 0 Å². The van der Waals surface area contributed by atoms with Crippen molar-refractivity contribution in [2.45, 2.75) is 30.2 Å². The maximum atomic E-state index is 12.8. The van der Waals surface area contributed by atoms with Crippen LogP contribution in [0, 0.1) is 5.41 Å². The summed E-state index contributed by atoms with van der Waals surface area (Å²) < 4.78 is 39.6. The zero-order valence-electron chi connectivity index (χ0n) is 17.2. The Balaban J connectivity index is 1.30. The Morgan fingerprint density at radius 3 is 2.71 bits per heavy atom. The minimum atomic E-state index is -3.57. The van der Waals surface area contributed by atoms with E-state index in [1.807, 2.05) is 0 Å². The minimum absolute atomic E-state index is 0.0123. The Hall–Kier alpha value is -2.43. The Bertz CT molecular complexity index is 1230. The van der Waals surface area contributed by atoms with E-state index in [1.54, 1.807) is 38.6 Å². The minimum Gasteiger partial charge on any atom is -0.496 e. The van der Waals surface area contributed by atoms with Crippen LogP contribution in [0.3, 0.4) is 0 Å². The fourth-order valence-corrected chi connectivity index (χ4v) is 5.99. The number of piperidine rings is 1. The van der Waals surface area contributed by atoms with Crippen LogP contribution in [-0.4, -0.2) is 52.8 Å². The van der Waals surface area contributed by atoms with E-state index in [0.29, 0.717) is 41.1 Å². The summed E-state index contributed by atoms with van der Waals surface area (Å²) in [4.78, 5) is 4.60. The summed E-state index contributed by atoms with van der Waals surface area (Å²) in [5, 5.41) is 8.84. The third kappa shape index (κ3) is 3.52. The van der Waals surface area contributed by atoms with Gasteiger partial charge in [-0.1, -0.05) is 16.8 Å². The first-order chi connectivity index (χ1) is 14.8. The molecule has 1 saturated heterocycles. The zero-order chi connectivity index (χ0) is 21.8. The first kappa shape index (κ1) is 20.5. The van der Waals surface area contributed by atoms with E-state index in [-0.39, 0.29) is 16.4 Å². The van der Waals surface area contributed by atoms with Crippen LogP contribution in [-0.2, 0) is 17.1 Å². The van der Waals surface area contributed by atoms with E-state index >= 15 is 0 Å².